The lowest BCUT2D eigenvalue weighted by atomic mass is 10.2. The van der Waals surface area contributed by atoms with E-state index < -0.39 is 17.5 Å². The number of rotatable bonds is 2. The molecular formula is C10H5ClF3NO2. The zero-order chi connectivity index (χ0) is 12.5. The van der Waals surface area contributed by atoms with Crippen molar-refractivity contribution in [3.05, 3.63) is 41.2 Å². The highest BCUT2D eigenvalue weighted by atomic mass is 35.5. The molecule has 0 amide bonds. The Labute approximate surface area is 98.8 Å². The van der Waals surface area contributed by atoms with Crippen LogP contribution >= 0.6 is 11.6 Å². The van der Waals surface area contributed by atoms with E-state index in [1.165, 1.54) is 18.2 Å². The average molecular weight is 264 g/mol. The van der Waals surface area contributed by atoms with Gasteiger partial charge in [0.2, 0.25) is 5.22 Å². The van der Waals surface area contributed by atoms with E-state index in [2.05, 4.69) is 4.98 Å². The van der Waals surface area contributed by atoms with Crippen molar-refractivity contribution >= 4 is 11.6 Å². The molecule has 1 heterocycles. The van der Waals surface area contributed by atoms with Crippen LogP contribution in [-0.2, 0) is 6.18 Å². The Morgan fingerprint density at radius 2 is 1.94 bits per heavy atom. The molecule has 0 aliphatic rings. The van der Waals surface area contributed by atoms with E-state index in [0.29, 0.717) is 0 Å². The van der Waals surface area contributed by atoms with Gasteiger partial charge >= 0.3 is 12.3 Å². The molecule has 3 nitrogen and oxygen atoms in total. The number of nitrogens with zero attached hydrogens (tertiary/aromatic N) is 1. The van der Waals surface area contributed by atoms with E-state index in [-0.39, 0.29) is 11.3 Å². The summed E-state index contributed by atoms with van der Waals surface area (Å²) in [5, 5.41) is -0.0653. The molecule has 90 valence electrons. The second kappa shape index (κ2) is 4.29. The monoisotopic (exact) mass is 263 g/mol. The van der Waals surface area contributed by atoms with Crippen LogP contribution in [0.1, 0.15) is 5.56 Å². The third kappa shape index (κ3) is 2.71. The first-order valence-corrected chi connectivity index (χ1v) is 4.80. The summed E-state index contributed by atoms with van der Waals surface area (Å²) in [6.07, 6.45) is -3.72. The first-order valence-electron chi connectivity index (χ1n) is 4.42. The summed E-state index contributed by atoms with van der Waals surface area (Å²) in [7, 11) is 0. The number of ether oxygens (including phenoxy) is 1. The summed E-state index contributed by atoms with van der Waals surface area (Å²) in [6.45, 7) is 0. The van der Waals surface area contributed by atoms with Crippen molar-refractivity contribution in [1.82, 2.24) is 4.98 Å². The molecule has 1 aromatic heterocycles. The maximum atomic E-state index is 12.6. The fourth-order valence-corrected chi connectivity index (χ4v) is 1.29. The van der Waals surface area contributed by atoms with Crippen LogP contribution in [-0.4, -0.2) is 4.98 Å². The number of halogens is 4. The normalized spacial score (nSPS) is 11.5. The molecule has 0 aliphatic heterocycles. The molecule has 0 bridgehead atoms. The molecule has 0 saturated carbocycles. The van der Waals surface area contributed by atoms with Crippen LogP contribution in [0.25, 0.3) is 0 Å². The number of aromatic nitrogens is 1. The largest absolute Gasteiger partial charge is 0.419 e. The Hall–Kier alpha value is -1.69. The molecule has 0 spiro atoms. The Morgan fingerprint density at radius 3 is 2.53 bits per heavy atom. The fraction of sp³-hybridized carbons (Fsp3) is 0.100. The van der Waals surface area contributed by atoms with E-state index in [1.807, 2.05) is 0 Å². The number of alkyl halides is 3. The molecule has 7 heteroatoms. The van der Waals surface area contributed by atoms with Crippen molar-refractivity contribution < 1.29 is 22.3 Å². The van der Waals surface area contributed by atoms with Crippen LogP contribution in [0.3, 0.4) is 0 Å². The van der Waals surface area contributed by atoms with E-state index >= 15 is 0 Å². The second-order valence-corrected chi connectivity index (χ2v) is 3.40. The van der Waals surface area contributed by atoms with Gasteiger partial charge in [0.15, 0.2) is 0 Å². The summed E-state index contributed by atoms with van der Waals surface area (Å²) in [5.41, 5.74) is -0.908. The van der Waals surface area contributed by atoms with Gasteiger partial charge in [-0.25, -0.2) is 0 Å². The molecule has 0 aliphatic carbocycles. The van der Waals surface area contributed by atoms with Gasteiger partial charge in [0.25, 0.3) is 0 Å². The SMILES string of the molecule is FC(F)(F)c1ccccc1Oc1ncc(Cl)o1. The van der Waals surface area contributed by atoms with E-state index in [1.54, 1.807) is 0 Å². The van der Waals surface area contributed by atoms with Gasteiger partial charge in [-0.3, -0.25) is 0 Å². The predicted octanol–water partition coefficient (Wildman–Crippen LogP) is 4.14. The van der Waals surface area contributed by atoms with Crippen LogP contribution in [0.15, 0.2) is 34.9 Å². The zero-order valence-corrected chi connectivity index (χ0v) is 8.92. The van der Waals surface area contributed by atoms with Crippen molar-refractivity contribution in [2.24, 2.45) is 0 Å². The minimum absolute atomic E-state index is 0.0653. The predicted molar refractivity (Wildman–Crippen MR) is 53.0 cm³/mol. The first-order chi connectivity index (χ1) is 7.97. The molecule has 0 saturated heterocycles. The molecule has 2 aromatic rings. The van der Waals surface area contributed by atoms with Gasteiger partial charge in [0.1, 0.15) is 5.75 Å². The maximum absolute atomic E-state index is 12.6. The smallest absolute Gasteiger partial charge is 0.410 e. The summed E-state index contributed by atoms with van der Waals surface area (Å²) in [5.74, 6) is -0.390. The summed E-state index contributed by atoms with van der Waals surface area (Å²) < 4.78 is 47.4. The quantitative estimate of drug-likeness (QED) is 0.817. The fourth-order valence-electron chi connectivity index (χ4n) is 1.17. The standard InChI is InChI=1S/C10H5ClF3NO2/c11-8-5-15-9(17-8)16-7-4-2-1-3-6(7)10(12,13)14/h1-5H. The van der Waals surface area contributed by atoms with Crippen LogP contribution in [0.4, 0.5) is 13.2 Å². The number of oxazole rings is 1. The van der Waals surface area contributed by atoms with E-state index in [4.69, 9.17) is 20.8 Å². The van der Waals surface area contributed by atoms with Crippen LogP contribution in [0.2, 0.25) is 5.22 Å². The lowest BCUT2D eigenvalue weighted by Gasteiger charge is -2.10. The number of hydrogen-bond acceptors (Lipinski definition) is 3. The van der Waals surface area contributed by atoms with Gasteiger partial charge in [-0.2, -0.15) is 18.2 Å². The van der Waals surface area contributed by atoms with Crippen LogP contribution < -0.4 is 4.74 Å². The number of benzene rings is 1. The minimum Gasteiger partial charge on any atom is -0.410 e. The maximum Gasteiger partial charge on any atom is 0.419 e. The lowest BCUT2D eigenvalue weighted by Crippen LogP contribution is -2.06. The van der Waals surface area contributed by atoms with Crippen LogP contribution in [0.5, 0.6) is 11.8 Å². The Bertz CT molecular complexity index is 524. The molecule has 0 N–H and O–H groups in total. The van der Waals surface area contributed by atoms with E-state index in [9.17, 15) is 13.2 Å². The lowest BCUT2D eigenvalue weighted by molar-refractivity contribution is -0.138. The zero-order valence-electron chi connectivity index (χ0n) is 8.16. The number of hydrogen-bond donors (Lipinski definition) is 0. The van der Waals surface area contributed by atoms with E-state index in [0.717, 1.165) is 12.3 Å². The number of para-hydroxylation sites is 1. The summed E-state index contributed by atoms with van der Waals surface area (Å²) in [4.78, 5) is 3.55. The molecule has 17 heavy (non-hydrogen) atoms. The minimum atomic E-state index is -4.51. The Kier molecular flexibility index (Phi) is 2.97. The third-order valence-electron chi connectivity index (χ3n) is 1.85. The molecule has 2 rings (SSSR count). The molecule has 0 unspecified atom stereocenters. The second-order valence-electron chi connectivity index (χ2n) is 3.03. The molecule has 1 aromatic carbocycles. The van der Waals surface area contributed by atoms with Gasteiger partial charge in [-0.1, -0.05) is 12.1 Å². The summed E-state index contributed by atoms with van der Waals surface area (Å²) in [6, 6.07) is 4.74. The molecule has 0 fully saturated rings. The molecule has 0 radical (unpaired) electrons. The van der Waals surface area contributed by atoms with Gasteiger partial charge in [-0.05, 0) is 23.7 Å². The highest BCUT2D eigenvalue weighted by molar-refractivity contribution is 6.28. The topological polar surface area (TPSA) is 35.3 Å². The Balaban J connectivity index is 2.33. The van der Waals surface area contributed by atoms with Crippen molar-refractivity contribution in [3.63, 3.8) is 0 Å². The van der Waals surface area contributed by atoms with Gasteiger partial charge in [0.05, 0.1) is 11.8 Å². The van der Waals surface area contributed by atoms with Crippen molar-refractivity contribution in [2.45, 2.75) is 6.18 Å². The van der Waals surface area contributed by atoms with Gasteiger partial charge in [-0.15, -0.1) is 0 Å². The highest BCUT2D eigenvalue weighted by Gasteiger charge is 2.34. The summed E-state index contributed by atoms with van der Waals surface area (Å²) >= 11 is 5.42. The third-order valence-corrected chi connectivity index (χ3v) is 2.02. The molecule has 0 atom stereocenters. The van der Waals surface area contributed by atoms with Gasteiger partial charge in [0, 0.05) is 0 Å². The van der Waals surface area contributed by atoms with Crippen molar-refractivity contribution in [2.75, 3.05) is 0 Å². The first kappa shape index (κ1) is 11.8. The Morgan fingerprint density at radius 1 is 1.24 bits per heavy atom. The van der Waals surface area contributed by atoms with Crippen LogP contribution in [0, 0.1) is 0 Å². The highest BCUT2D eigenvalue weighted by Crippen LogP contribution is 2.37. The van der Waals surface area contributed by atoms with Crippen molar-refractivity contribution in [1.29, 1.82) is 0 Å². The van der Waals surface area contributed by atoms with Crippen molar-refractivity contribution in [3.8, 4) is 11.8 Å². The average Bonchev–Trinajstić information content (AvgIpc) is 2.63. The van der Waals surface area contributed by atoms with Gasteiger partial charge < -0.3 is 9.15 Å². The molecular weight excluding hydrogens is 259 g/mol.